The van der Waals surface area contributed by atoms with Gasteiger partial charge in [0.25, 0.3) is 0 Å². The Balaban J connectivity index is 2.26. The zero-order valence-electron chi connectivity index (χ0n) is 8.75. The first kappa shape index (κ1) is 9.83. The maximum Gasteiger partial charge on any atom is 0.446 e. The molecule has 0 amide bonds. The van der Waals surface area contributed by atoms with Crippen molar-refractivity contribution in [1.82, 2.24) is 9.72 Å². The van der Waals surface area contributed by atoms with E-state index >= 15 is 0 Å². The molecule has 0 saturated heterocycles. The third-order valence-corrected chi connectivity index (χ3v) is 2.64. The summed E-state index contributed by atoms with van der Waals surface area (Å²) in [5.41, 5.74) is 1.31. The van der Waals surface area contributed by atoms with Crippen LogP contribution in [0.2, 0.25) is 0 Å². The number of nitrogens with zero attached hydrogens (tertiary/aromatic N) is 2. The van der Waals surface area contributed by atoms with Crippen molar-refractivity contribution in [2.45, 2.75) is 13.0 Å². The Morgan fingerprint density at radius 3 is 3.18 bits per heavy atom. The molecule has 0 bridgehead atoms. The minimum atomic E-state index is -0.548. The Kier molecular flexibility index (Phi) is 2.07. The summed E-state index contributed by atoms with van der Waals surface area (Å²) in [5, 5.41) is 3.61. The van der Waals surface area contributed by atoms with Crippen molar-refractivity contribution in [2.75, 3.05) is 0 Å². The second-order valence-corrected chi connectivity index (χ2v) is 3.62. The number of aromatic nitrogens is 2. The van der Waals surface area contributed by atoms with Crippen LogP contribution in [-0.4, -0.2) is 16.0 Å². The quantitative estimate of drug-likeness (QED) is 0.703. The van der Waals surface area contributed by atoms with Crippen LogP contribution in [0.1, 0.15) is 11.4 Å². The molecule has 86 valence electrons. The third kappa shape index (κ3) is 1.37. The van der Waals surface area contributed by atoms with Gasteiger partial charge in [0, 0.05) is 12.0 Å². The Bertz CT molecular complexity index is 641. The Morgan fingerprint density at radius 1 is 1.47 bits per heavy atom. The van der Waals surface area contributed by atoms with Gasteiger partial charge >= 0.3 is 5.76 Å². The molecule has 3 rings (SSSR count). The van der Waals surface area contributed by atoms with Crippen molar-refractivity contribution in [2.24, 2.45) is 0 Å². The number of hydrogen-bond donors (Lipinski definition) is 0. The van der Waals surface area contributed by atoms with Gasteiger partial charge in [-0.15, -0.1) is 0 Å². The Morgan fingerprint density at radius 2 is 2.35 bits per heavy atom. The molecule has 0 saturated carbocycles. The summed E-state index contributed by atoms with van der Waals surface area (Å²) in [4.78, 5) is 22.1. The minimum Gasteiger partial charge on any atom is -0.483 e. The second-order valence-electron chi connectivity index (χ2n) is 3.62. The van der Waals surface area contributed by atoms with Crippen LogP contribution in [-0.2, 0) is 17.8 Å². The van der Waals surface area contributed by atoms with Crippen molar-refractivity contribution in [1.29, 1.82) is 0 Å². The van der Waals surface area contributed by atoms with E-state index in [1.54, 1.807) is 18.2 Å². The molecule has 0 fully saturated rings. The molecule has 0 spiro atoms. The minimum absolute atomic E-state index is 0.161. The van der Waals surface area contributed by atoms with Crippen LogP contribution >= 0.6 is 0 Å². The van der Waals surface area contributed by atoms with E-state index in [9.17, 15) is 9.59 Å². The zero-order valence-corrected chi connectivity index (χ0v) is 8.75. The van der Waals surface area contributed by atoms with Crippen LogP contribution in [0.3, 0.4) is 0 Å². The molecule has 0 radical (unpaired) electrons. The molecular weight excluding hydrogens is 224 g/mol. The summed E-state index contributed by atoms with van der Waals surface area (Å²) in [6.07, 6.45) is 1.05. The van der Waals surface area contributed by atoms with Crippen molar-refractivity contribution < 1.29 is 14.1 Å². The number of hydrogen-bond acceptors (Lipinski definition) is 5. The summed E-state index contributed by atoms with van der Waals surface area (Å²) in [7, 11) is 0. The summed E-state index contributed by atoms with van der Waals surface area (Å²) in [6.45, 7) is 0.161. The van der Waals surface area contributed by atoms with Gasteiger partial charge in [0.05, 0.1) is 5.69 Å². The molecule has 1 aliphatic heterocycles. The highest BCUT2D eigenvalue weighted by Gasteiger charge is 2.23. The van der Waals surface area contributed by atoms with Crippen LogP contribution in [0.15, 0.2) is 27.5 Å². The van der Waals surface area contributed by atoms with E-state index in [-0.39, 0.29) is 13.0 Å². The van der Waals surface area contributed by atoms with Gasteiger partial charge in [0.15, 0.2) is 12.4 Å². The molecule has 0 N–H and O–H groups in total. The van der Waals surface area contributed by atoms with Crippen molar-refractivity contribution in [3.8, 4) is 11.4 Å². The molecule has 2 heterocycles. The van der Waals surface area contributed by atoms with E-state index in [1.807, 2.05) is 0 Å². The summed E-state index contributed by atoms with van der Waals surface area (Å²) in [5.74, 6) is 0.413. The first-order valence-electron chi connectivity index (χ1n) is 5.07. The number of benzene rings is 1. The van der Waals surface area contributed by atoms with Gasteiger partial charge in [-0.05, 0) is 6.07 Å². The predicted octanol–water partition coefficient (Wildman–Crippen LogP) is 0.459. The highest BCUT2D eigenvalue weighted by molar-refractivity contribution is 5.62. The lowest BCUT2D eigenvalue weighted by atomic mass is 10.1. The van der Waals surface area contributed by atoms with Gasteiger partial charge < -0.3 is 9.53 Å². The standard InChI is InChI=1S/C11H8N2O4/c14-5-4-7-2-1-3-8-10(7)16-6-9-12-17-11(15)13(8)9/h1-3,5H,4,6H2. The summed E-state index contributed by atoms with van der Waals surface area (Å²) >= 11 is 0. The lowest BCUT2D eigenvalue weighted by Gasteiger charge is -2.19. The number of para-hydroxylation sites is 1. The largest absolute Gasteiger partial charge is 0.483 e. The van der Waals surface area contributed by atoms with Gasteiger partial charge in [0.2, 0.25) is 0 Å². The molecule has 0 unspecified atom stereocenters. The lowest BCUT2D eigenvalue weighted by molar-refractivity contribution is -0.107. The van der Waals surface area contributed by atoms with E-state index in [0.717, 1.165) is 11.8 Å². The SMILES string of the molecule is O=CCc1cccc2c1OCc1noc(=O)n1-2. The third-order valence-electron chi connectivity index (χ3n) is 2.64. The predicted molar refractivity (Wildman–Crippen MR) is 56.2 cm³/mol. The fourth-order valence-electron chi connectivity index (χ4n) is 1.91. The van der Waals surface area contributed by atoms with E-state index in [1.165, 1.54) is 4.57 Å². The fraction of sp³-hybridized carbons (Fsp3) is 0.182. The second kappa shape index (κ2) is 3.58. The molecule has 0 atom stereocenters. The van der Waals surface area contributed by atoms with Crippen LogP contribution in [0.5, 0.6) is 5.75 Å². The van der Waals surface area contributed by atoms with Crippen molar-refractivity contribution in [3.05, 3.63) is 40.1 Å². The molecule has 1 aliphatic rings. The number of carbonyl (C=O) groups is 1. The average molecular weight is 232 g/mol. The van der Waals surface area contributed by atoms with Crippen LogP contribution in [0, 0.1) is 0 Å². The highest BCUT2D eigenvalue weighted by Crippen LogP contribution is 2.31. The molecule has 1 aromatic heterocycles. The number of carbonyl (C=O) groups excluding carboxylic acids is 1. The topological polar surface area (TPSA) is 74.3 Å². The normalized spacial score (nSPS) is 12.5. The highest BCUT2D eigenvalue weighted by atomic mass is 16.5. The van der Waals surface area contributed by atoms with Crippen LogP contribution in [0.4, 0.5) is 0 Å². The smallest absolute Gasteiger partial charge is 0.446 e. The zero-order chi connectivity index (χ0) is 11.8. The van der Waals surface area contributed by atoms with Crippen LogP contribution in [0.25, 0.3) is 5.69 Å². The van der Waals surface area contributed by atoms with E-state index < -0.39 is 5.76 Å². The number of ether oxygens (including phenoxy) is 1. The molecule has 0 aliphatic carbocycles. The average Bonchev–Trinajstić information content (AvgIpc) is 2.72. The lowest BCUT2D eigenvalue weighted by Crippen LogP contribution is -2.21. The molecule has 6 nitrogen and oxygen atoms in total. The van der Waals surface area contributed by atoms with Crippen LogP contribution < -0.4 is 10.5 Å². The number of fused-ring (bicyclic) bond motifs is 3. The van der Waals surface area contributed by atoms with E-state index in [4.69, 9.17) is 4.74 Å². The Labute approximate surface area is 95.4 Å². The first-order chi connectivity index (χ1) is 8.31. The molecular formula is C11H8N2O4. The fourth-order valence-corrected chi connectivity index (χ4v) is 1.91. The maximum atomic E-state index is 11.5. The van der Waals surface area contributed by atoms with Gasteiger partial charge in [-0.2, -0.15) is 0 Å². The van der Waals surface area contributed by atoms with Gasteiger partial charge in [-0.3, -0.25) is 4.52 Å². The van der Waals surface area contributed by atoms with Crippen molar-refractivity contribution >= 4 is 6.29 Å². The van der Waals surface area contributed by atoms with Crippen molar-refractivity contribution in [3.63, 3.8) is 0 Å². The number of rotatable bonds is 2. The molecule has 2 aromatic rings. The molecule has 6 heteroatoms. The van der Waals surface area contributed by atoms with E-state index in [2.05, 4.69) is 9.68 Å². The monoisotopic (exact) mass is 232 g/mol. The van der Waals surface area contributed by atoms with Gasteiger partial charge in [-0.1, -0.05) is 17.3 Å². The van der Waals surface area contributed by atoms with Gasteiger partial charge in [-0.25, -0.2) is 9.36 Å². The number of aldehydes is 1. The summed E-state index contributed by atoms with van der Waals surface area (Å²) in [6, 6.07) is 5.28. The molecule has 1 aromatic carbocycles. The maximum absolute atomic E-state index is 11.5. The van der Waals surface area contributed by atoms with Gasteiger partial charge in [0.1, 0.15) is 12.0 Å². The summed E-state index contributed by atoms with van der Waals surface area (Å²) < 4.78 is 11.4. The first-order valence-corrected chi connectivity index (χ1v) is 5.07. The van der Waals surface area contributed by atoms with E-state index in [0.29, 0.717) is 17.3 Å². The molecule has 17 heavy (non-hydrogen) atoms. The Hall–Kier alpha value is -2.37.